The van der Waals surface area contributed by atoms with Crippen LogP contribution >= 0.6 is 0 Å². The first-order valence-corrected chi connectivity index (χ1v) is 9.63. The van der Waals surface area contributed by atoms with Crippen LogP contribution in [0.4, 0.5) is 10.5 Å². The van der Waals surface area contributed by atoms with E-state index in [1.54, 1.807) is 30.3 Å². The number of ether oxygens (including phenoxy) is 2. The third-order valence-corrected chi connectivity index (χ3v) is 4.47. The minimum absolute atomic E-state index is 0.0664. The van der Waals surface area contributed by atoms with E-state index >= 15 is 0 Å². The summed E-state index contributed by atoms with van der Waals surface area (Å²) in [5.41, 5.74) is 2.75. The van der Waals surface area contributed by atoms with E-state index in [1.807, 2.05) is 54.6 Å². The standard InChI is InChI=1S/C25H23NO5/c1-29-25(28)26(30-2)23-14-7-6-12-21(23)18-31-22-13-8-9-19(17-22)15-16-24(27)20-10-4-3-5-11-20/h3-17H,18H2,1-2H3. The van der Waals surface area contributed by atoms with Crippen molar-refractivity contribution in [2.45, 2.75) is 6.61 Å². The molecule has 3 aromatic carbocycles. The van der Waals surface area contributed by atoms with E-state index in [2.05, 4.69) is 0 Å². The maximum atomic E-state index is 12.3. The van der Waals surface area contributed by atoms with Gasteiger partial charge in [-0.25, -0.2) is 4.79 Å². The summed E-state index contributed by atoms with van der Waals surface area (Å²) >= 11 is 0. The van der Waals surface area contributed by atoms with Gasteiger partial charge in [-0.2, -0.15) is 5.06 Å². The quantitative estimate of drug-likeness (QED) is 0.283. The smallest absolute Gasteiger partial charge is 0.438 e. The minimum Gasteiger partial charge on any atom is -0.489 e. The van der Waals surface area contributed by atoms with Gasteiger partial charge < -0.3 is 9.47 Å². The molecule has 6 nitrogen and oxygen atoms in total. The van der Waals surface area contributed by atoms with E-state index in [0.29, 0.717) is 17.0 Å². The Morgan fingerprint density at radius 1 is 0.903 bits per heavy atom. The van der Waals surface area contributed by atoms with Gasteiger partial charge in [-0.1, -0.05) is 66.7 Å². The first-order chi connectivity index (χ1) is 15.1. The van der Waals surface area contributed by atoms with E-state index in [1.165, 1.54) is 20.3 Å². The number of carbonyl (C=O) groups is 2. The van der Waals surface area contributed by atoms with Crippen molar-refractivity contribution in [1.29, 1.82) is 0 Å². The number of hydrogen-bond acceptors (Lipinski definition) is 5. The molecule has 0 unspecified atom stereocenters. The predicted molar refractivity (Wildman–Crippen MR) is 119 cm³/mol. The summed E-state index contributed by atoms with van der Waals surface area (Å²) in [4.78, 5) is 29.4. The summed E-state index contributed by atoms with van der Waals surface area (Å²) in [6, 6.07) is 23.7. The lowest BCUT2D eigenvalue weighted by Gasteiger charge is -2.21. The zero-order chi connectivity index (χ0) is 22.1. The number of amides is 1. The van der Waals surface area contributed by atoms with Gasteiger partial charge in [0.2, 0.25) is 0 Å². The van der Waals surface area contributed by atoms with Crippen LogP contribution in [-0.2, 0) is 16.2 Å². The monoisotopic (exact) mass is 417 g/mol. The van der Waals surface area contributed by atoms with Crippen LogP contribution in [0.1, 0.15) is 21.5 Å². The Kier molecular flexibility index (Phi) is 7.56. The normalized spacial score (nSPS) is 10.6. The van der Waals surface area contributed by atoms with Gasteiger partial charge in [0.05, 0.1) is 19.9 Å². The molecule has 0 radical (unpaired) electrons. The number of benzene rings is 3. The zero-order valence-corrected chi connectivity index (χ0v) is 17.4. The number of allylic oxidation sites excluding steroid dienone is 1. The van der Waals surface area contributed by atoms with E-state index < -0.39 is 6.09 Å². The van der Waals surface area contributed by atoms with Gasteiger partial charge in [-0.05, 0) is 29.8 Å². The predicted octanol–water partition coefficient (Wildman–Crippen LogP) is 5.30. The van der Waals surface area contributed by atoms with E-state index in [4.69, 9.17) is 14.3 Å². The van der Waals surface area contributed by atoms with Gasteiger partial charge in [-0.15, -0.1) is 0 Å². The van der Waals surface area contributed by atoms with E-state index in [-0.39, 0.29) is 12.4 Å². The Morgan fingerprint density at radius 3 is 2.39 bits per heavy atom. The fourth-order valence-corrected chi connectivity index (χ4v) is 2.92. The van der Waals surface area contributed by atoms with Crippen LogP contribution in [-0.4, -0.2) is 26.1 Å². The van der Waals surface area contributed by atoms with Crippen molar-refractivity contribution in [3.05, 3.63) is 102 Å². The summed E-state index contributed by atoms with van der Waals surface area (Å²) < 4.78 is 10.7. The molecular weight excluding hydrogens is 394 g/mol. The van der Waals surface area contributed by atoms with Crippen LogP contribution in [0.15, 0.2) is 84.9 Å². The van der Waals surface area contributed by atoms with Crippen LogP contribution in [0.3, 0.4) is 0 Å². The van der Waals surface area contributed by atoms with Gasteiger partial charge in [0, 0.05) is 11.1 Å². The average molecular weight is 417 g/mol. The van der Waals surface area contributed by atoms with Crippen molar-refractivity contribution in [2.24, 2.45) is 0 Å². The van der Waals surface area contributed by atoms with Crippen molar-refractivity contribution in [1.82, 2.24) is 0 Å². The van der Waals surface area contributed by atoms with Gasteiger partial charge in [0.1, 0.15) is 12.4 Å². The molecule has 3 rings (SSSR count). The summed E-state index contributed by atoms with van der Waals surface area (Å²) in [6.45, 7) is 0.211. The van der Waals surface area contributed by atoms with Gasteiger partial charge in [0.25, 0.3) is 0 Å². The Morgan fingerprint density at radius 2 is 1.65 bits per heavy atom. The zero-order valence-electron chi connectivity index (χ0n) is 17.4. The molecule has 0 saturated carbocycles. The Labute approximate surface area is 181 Å². The number of nitrogens with zero attached hydrogens (tertiary/aromatic N) is 1. The van der Waals surface area contributed by atoms with Crippen LogP contribution in [0.2, 0.25) is 0 Å². The maximum absolute atomic E-state index is 12.3. The summed E-state index contributed by atoms with van der Waals surface area (Å²) in [6.07, 6.45) is 2.65. The maximum Gasteiger partial charge on any atom is 0.438 e. The number of para-hydroxylation sites is 1. The molecule has 3 aromatic rings. The highest BCUT2D eigenvalue weighted by molar-refractivity contribution is 6.06. The third kappa shape index (κ3) is 5.81. The summed E-state index contributed by atoms with van der Waals surface area (Å²) in [7, 11) is 2.68. The van der Waals surface area contributed by atoms with Gasteiger partial charge >= 0.3 is 6.09 Å². The number of hydrogen-bond donors (Lipinski definition) is 0. The molecule has 158 valence electrons. The molecule has 0 aliphatic rings. The van der Waals surface area contributed by atoms with Crippen molar-refractivity contribution in [2.75, 3.05) is 19.3 Å². The fraction of sp³-hybridized carbons (Fsp3) is 0.120. The molecule has 0 atom stereocenters. The second kappa shape index (κ2) is 10.8. The van der Waals surface area contributed by atoms with Crippen molar-refractivity contribution in [3.63, 3.8) is 0 Å². The molecular formula is C25H23NO5. The highest BCUT2D eigenvalue weighted by atomic mass is 16.7. The highest BCUT2D eigenvalue weighted by Crippen LogP contribution is 2.24. The third-order valence-electron chi connectivity index (χ3n) is 4.47. The molecule has 0 spiro atoms. The lowest BCUT2D eigenvalue weighted by atomic mass is 10.1. The molecule has 0 aliphatic heterocycles. The van der Waals surface area contributed by atoms with Crippen molar-refractivity contribution < 1.29 is 23.9 Å². The van der Waals surface area contributed by atoms with Gasteiger partial charge in [-0.3, -0.25) is 9.63 Å². The van der Waals surface area contributed by atoms with Crippen LogP contribution in [0, 0.1) is 0 Å². The van der Waals surface area contributed by atoms with Gasteiger partial charge in [0.15, 0.2) is 5.78 Å². The number of rotatable bonds is 8. The molecule has 0 fully saturated rings. The number of anilines is 1. The first kappa shape index (κ1) is 21.8. The molecule has 0 heterocycles. The average Bonchev–Trinajstić information content (AvgIpc) is 2.83. The summed E-state index contributed by atoms with van der Waals surface area (Å²) in [5, 5.41) is 1.06. The van der Waals surface area contributed by atoms with E-state index in [0.717, 1.165) is 16.2 Å². The second-order valence-electron chi connectivity index (χ2n) is 6.50. The van der Waals surface area contributed by atoms with Crippen LogP contribution in [0.5, 0.6) is 5.75 Å². The minimum atomic E-state index is -0.634. The topological polar surface area (TPSA) is 65.1 Å². The molecule has 31 heavy (non-hydrogen) atoms. The molecule has 0 N–H and O–H groups in total. The number of ketones is 1. The molecule has 1 amide bonds. The Hall–Kier alpha value is -3.90. The number of methoxy groups -OCH3 is 1. The molecule has 0 aliphatic carbocycles. The SMILES string of the molecule is COC(=O)N(OC)c1ccccc1COc1cccc(C=CC(=O)c2ccccc2)c1. The largest absolute Gasteiger partial charge is 0.489 e. The van der Waals surface area contributed by atoms with Crippen LogP contribution < -0.4 is 9.80 Å². The Balaban J connectivity index is 1.71. The highest BCUT2D eigenvalue weighted by Gasteiger charge is 2.19. The second-order valence-corrected chi connectivity index (χ2v) is 6.50. The molecule has 6 heteroatoms. The first-order valence-electron chi connectivity index (χ1n) is 9.63. The number of carbonyl (C=O) groups excluding carboxylic acids is 2. The van der Waals surface area contributed by atoms with E-state index in [9.17, 15) is 9.59 Å². The Bertz CT molecular complexity index is 1060. The lowest BCUT2D eigenvalue weighted by molar-refractivity contribution is 0.104. The molecule has 0 bridgehead atoms. The number of hydroxylamine groups is 1. The van der Waals surface area contributed by atoms with Crippen molar-refractivity contribution in [3.8, 4) is 5.75 Å². The van der Waals surface area contributed by atoms with Crippen LogP contribution in [0.25, 0.3) is 6.08 Å². The molecule has 0 aromatic heterocycles. The fourth-order valence-electron chi connectivity index (χ4n) is 2.92. The molecule has 0 saturated heterocycles. The lowest BCUT2D eigenvalue weighted by Crippen LogP contribution is -2.30. The van der Waals surface area contributed by atoms with Crippen molar-refractivity contribution >= 4 is 23.6 Å². The summed E-state index contributed by atoms with van der Waals surface area (Å²) in [5.74, 6) is 0.564.